The zero-order valence-electron chi connectivity index (χ0n) is 11.4. The number of nitrogens with zero attached hydrogens (tertiary/aromatic N) is 2. The molecule has 3 saturated carbocycles. The van der Waals surface area contributed by atoms with Gasteiger partial charge in [0.15, 0.2) is 0 Å². The van der Waals surface area contributed by atoms with Gasteiger partial charge in [-0.25, -0.2) is 0 Å². The van der Waals surface area contributed by atoms with E-state index in [9.17, 15) is 18.4 Å². The Morgan fingerprint density at radius 3 is 2.35 bits per heavy atom. The molecule has 0 aromatic carbocycles. The lowest BCUT2D eigenvalue weighted by atomic mass is 9.99. The van der Waals surface area contributed by atoms with Gasteiger partial charge >= 0.3 is 6.18 Å². The lowest BCUT2D eigenvalue weighted by Crippen LogP contribution is -2.47. The van der Waals surface area contributed by atoms with Crippen LogP contribution >= 0.6 is 0 Å². The molecule has 2 atom stereocenters. The van der Waals surface area contributed by atoms with E-state index in [1.807, 2.05) is 0 Å². The Bertz CT molecular complexity index is 409. The molecule has 0 bridgehead atoms. The van der Waals surface area contributed by atoms with Gasteiger partial charge in [-0.1, -0.05) is 0 Å². The average Bonchev–Trinajstić information content (AvgIpc) is 3.25. The number of hydrogen-bond acceptors (Lipinski definition) is 3. The van der Waals surface area contributed by atoms with Crippen LogP contribution in [-0.2, 0) is 0 Å². The molecule has 0 aliphatic heterocycles. The molecule has 3 rings (SSSR count). The van der Waals surface area contributed by atoms with Crippen LogP contribution in [-0.4, -0.2) is 41.3 Å². The van der Waals surface area contributed by atoms with Gasteiger partial charge in [0.05, 0.1) is 12.6 Å². The largest absolute Gasteiger partial charge is 0.401 e. The molecule has 2 unspecified atom stereocenters. The summed E-state index contributed by atoms with van der Waals surface area (Å²) >= 11 is 0. The average molecular weight is 287 g/mol. The molecule has 3 nitrogen and oxygen atoms in total. The predicted octanol–water partition coefficient (Wildman–Crippen LogP) is 2.58. The molecular formula is C14H20F3N3. The van der Waals surface area contributed by atoms with Crippen molar-refractivity contribution in [1.82, 2.24) is 10.2 Å². The summed E-state index contributed by atoms with van der Waals surface area (Å²) < 4.78 is 38.2. The Morgan fingerprint density at radius 2 is 1.85 bits per heavy atom. The maximum absolute atomic E-state index is 12.7. The van der Waals surface area contributed by atoms with E-state index in [2.05, 4.69) is 11.4 Å². The Morgan fingerprint density at radius 1 is 1.15 bits per heavy atom. The summed E-state index contributed by atoms with van der Waals surface area (Å²) in [6, 6.07) is 2.72. The first-order chi connectivity index (χ1) is 9.41. The maximum Gasteiger partial charge on any atom is 0.401 e. The molecule has 1 N–H and O–H groups in total. The first-order valence-corrected chi connectivity index (χ1v) is 7.42. The lowest BCUT2D eigenvalue weighted by Gasteiger charge is -2.31. The van der Waals surface area contributed by atoms with Gasteiger partial charge in [0.25, 0.3) is 0 Å². The van der Waals surface area contributed by atoms with E-state index in [1.165, 1.54) is 0 Å². The molecule has 6 heteroatoms. The number of halogens is 3. The van der Waals surface area contributed by atoms with E-state index in [0.29, 0.717) is 25.3 Å². The topological polar surface area (TPSA) is 39.1 Å². The molecule has 0 radical (unpaired) electrons. The standard InChI is InChI=1S/C14H20F3N3/c15-14(16,17)9-20(11-3-4-11)12-5-6-13(7-12,8-18)19-10-1-2-10/h10-12,19H,1-7,9H2. The summed E-state index contributed by atoms with van der Waals surface area (Å²) in [4.78, 5) is 1.60. The number of hydrogen-bond donors (Lipinski definition) is 1. The molecular weight excluding hydrogens is 267 g/mol. The predicted molar refractivity (Wildman–Crippen MR) is 67.9 cm³/mol. The summed E-state index contributed by atoms with van der Waals surface area (Å²) in [5, 5.41) is 12.8. The smallest absolute Gasteiger partial charge is 0.297 e. The van der Waals surface area contributed by atoms with Gasteiger partial charge in [-0.3, -0.25) is 10.2 Å². The number of alkyl halides is 3. The minimum absolute atomic E-state index is 0.0806. The van der Waals surface area contributed by atoms with Crippen LogP contribution in [0.1, 0.15) is 44.9 Å². The van der Waals surface area contributed by atoms with Crippen molar-refractivity contribution in [2.24, 2.45) is 0 Å². The summed E-state index contributed by atoms with van der Waals surface area (Å²) in [7, 11) is 0. The van der Waals surface area contributed by atoms with E-state index in [4.69, 9.17) is 0 Å². The summed E-state index contributed by atoms with van der Waals surface area (Å²) in [6.45, 7) is -0.826. The summed E-state index contributed by atoms with van der Waals surface area (Å²) in [5.74, 6) is 0. The highest BCUT2D eigenvalue weighted by Gasteiger charge is 2.49. The van der Waals surface area contributed by atoms with Crippen molar-refractivity contribution in [3.05, 3.63) is 0 Å². The van der Waals surface area contributed by atoms with Crippen LogP contribution in [0.25, 0.3) is 0 Å². The van der Waals surface area contributed by atoms with Crippen LogP contribution in [0.5, 0.6) is 0 Å². The molecule has 0 heterocycles. The number of nitrogens with one attached hydrogen (secondary N) is 1. The second kappa shape index (κ2) is 4.88. The zero-order chi connectivity index (χ0) is 14.4. The van der Waals surface area contributed by atoms with Crippen molar-refractivity contribution in [2.45, 2.75) is 74.8 Å². The van der Waals surface area contributed by atoms with Crippen LogP contribution in [0.15, 0.2) is 0 Å². The van der Waals surface area contributed by atoms with Gasteiger partial charge in [0.1, 0.15) is 5.54 Å². The monoisotopic (exact) mass is 287 g/mol. The third-order valence-electron chi connectivity index (χ3n) is 4.61. The van der Waals surface area contributed by atoms with Gasteiger partial charge in [0, 0.05) is 18.1 Å². The van der Waals surface area contributed by atoms with E-state index in [1.54, 1.807) is 4.90 Å². The highest BCUT2D eigenvalue weighted by atomic mass is 19.4. The molecule has 20 heavy (non-hydrogen) atoms. The minimum Gasteiger partial charge on any atom is -0.297 e. The van der Waals surface area contributed by atoms with E-state index in [0.717, 1.165) is 25.7 Å². The fraction of sp³-hybridized carbons (Fsp3) is 0.929. The molecule has 3 aliphatic carbocycles. The van der Waals surface area contributed by atoms with Crippen LogP contribution in [0, 0.1) is 11.3 Å². The van der Waals surface area contributed by atoms with Gasteiger partial charge in [-0.2, -0.15) is 18.4 Å². The highest BCUT2D eigenvalue weighted by Crippen LogP contribution is 2.41. The van der Waals surface area contributed by atoms with E-state index in [-0.39, 0.29) is 12.1 Å². The summed E-state index contributed by atoms with van der Waals surface area (Å²) in [5.41, 5.74) is -0.593. The third-order valence-corrected chi connectivity index (χ3v) is 4.61. The van der Waals surface area contributed by atoms with Crippen LogP contribution in [0.2, 0.25) is 0 Å². The van der Waals surface area contributed by atoms with Gasteiger partial charge < -0.3 is 0 Å². The number of nitriles is 1. The zero-order valence-corrected chi connectivity index (χ0v) is 11.4. The van der Waals surface area contributed by atoms with Crippen molar-refractivity contribution in [2.75, 3.05) is 6.54 Å². The summed E-state index contributed by atoms with van der Waals surface area (Å²) in [6.07, 6.45) is 1.65. The lowest BCUT2D eigenvalue weighted by molar-refractivity contribution is -0.152. The van der Waals surface area contributed by atoms with E-state index >= 15 is 0 Å². The quantitative estimate of drug-likeness (QED) is 0.844. The fourth-order valence-corrected chi connectivity index (χ4v) is 3.36. The molecule has 3 aliphatic rings. The first-order valence-electron chi connectivity index (χ1n) is 7.42. The van der Waals surface area contributed by atoms with Crippen LogP contribution in [0.3, 0.4) is 0 Å². The Hall–Kier alpha value is -0.800. The molecule has 0 spiro atoms. The van der Waals surface area contributed by atoms with Crippen molar-refractivity contribution >= 4 is 0 Å². The van der Waals surface area contributed by atoms with Crippen LogP contribution in [0.4, 0.5) is 13.2 Å². The maximum atomic E-state index is 12.7. The molecule has 112 valence electrons. The second-order valence-electron chi connectivity index (χ2n) is 6.53. The molecule has 3 fully saturated rings. The van der Waals surface area contributed by atoms with E-state index < -0.39 is 18.3 Å². The SMILES string of the molecule is N#CC1(NC2CC2)CCC(N(CC(F)(F)F)C2CC2)C1. The molecule has 0 amide bonds. The van der Waals surface area contributed by atoms with Gasteiger partial charge in [0.2, 0.25) is 0 Å². The normalized spacial score (nSPS) is 34.5. The van der Waals surface area contributed by atoms with Crippen molar-refractivity contribution in [1.29, 1.82) is 5.26 Å². The highest BCUT2D eigenvalue weighted by molar-refractivity contribution is 5.16. The molecule has 0 saturated heterocycles. The van der Waals surface area contributed by atoms with Crippen LogP contribution < -0.4 is 5.32 Å². The number of rotatable bonds is 5. The minimum atomic E-state index is -4.15. The second-order valence-corrected chi connectivity index (χ2v) is 6.53. The van der Waals surface area contributed by atoms with Crippen molar-refractivity contribution < 1.29 is 13.2 Å². The van der Waals surface area contributed by atoms with Gasteiger partial charge in [-0.15, -0.1) is 0 Å². The Labute approximate surface area is 117 Å². The fourth-order valence-electron chi connectivity index (χ4n) is 3.36. The Kier molecular flexibility index (Phi) is 3.46. The van der Waals surface area contributed by atoms with Crippen molar-refractivity contribution in [3.63, 3.8) is 0 Å². The first kappa shape index (κ1) is 14.2. The van der Waals surface area contributed by atoms with Crippen molar-refractivity contribution in [3.8, 4) is 6.07 Å². The third kappa shape index (κ3) is 3.26. The Balaban J connectivity index is 1.65. The van der Waals surface area contributed by atoms with Gasteiger partial charge in [-0.05, 0) is 44.9 Å². The molecule has 0 aromatic rings. The molecule has 0 aromatic heterocycles.